The van der Waals surface area contributed by atoms with Crippen LogP contribution in [0.15, 0.2) is 60.7 Å². The maximum atomic E-state index is 12.4. The zero-order valence-electron chi connectivity index (χ0n) is 16.9. The van der Waals surface area contributed by atoms with Gasteiger partial charge in [0.05, 0.1) is 7.11 Å². The summed E-state index contributed by atoms with van der Waals surface area (Å²) in [5.74, 6) is 0.0342. The number of methoxy groups -OCH3 is 1. The van der Waals surface area contributed by atoms with Gasteiger partial charge < -0.3 is 20.1 Å². The number of quaternary nitrogens is 1. The van der Waals surface area contributed by atoms with Gasteiger partial charge in [-0.25, -0.2) is 0 Å². The number of alkyl halides is 2. The lowest BCUT2D eigenvalue weighted by atomic mass is 10.00. The molecule has 0 saturated carbocycles. The highest BCUT2D eigenvalue weighted by Gasteiger charge is 2.15. The van der Waals surface area contributed by atoms with Gasteiger partial charge in [0.1, 0.15) is 6.04 Å². The van der Waals surface area contributed by atoms with Crippen LogP contribution in [0.2, 0.25) is 0 Å². The van der Waals surface area contributed by atoms with Gasteiger partial charge in [-0.3, -0.25) is 4.79 Å². The Kier molecular flexibility index (Phi) is 7.19. The van der Waals surface area contributed by atoms with Crippen LogP contribution in [0, 0.1) is 0 Å². The van der Waals surface area contributed by atoms with Crippen molar-refractivity contribution >= 4 is 16.7 Å². The average molecular weight is 415 g/mol. The lowest BCUT2D eigenvalue weighted by Crippen LogP contribution is -2.87. The zero-order valence-corrected chi connectivity index (χ0v) is 16.9. The van der Waals surface area contributed by atoms with Crippen LogP contribution in [0.25, 0.3) is 10.8 Å². The summed E-state index contributed by atoms with van der Waals surface area (Å²) in [5, 5.41) is 7.18. The van der Waals surface area contributed by atoms with Crippen LogP contribution in [0.5, 0.6) is 11.5 Å². The molecule has 3 rings (SSSR count). The molecule has 0 heterocycles. The van der Waals surface area contributed by atoms with E-state index < -0.39 is 6.61 Å². The predicted molar refractivity (Wildman–Crippen MR) is 111 cm³/mol. The highest BCUT2D eigenvalue weighted by Crippen LogP contribution is 2.29. The molecule has 0 aliphatic rings. The number of nitrogens with one attached hydrogen (secondary N) is 1. The van der Waals surface area contributed by atoms with Crippen LogP contribution in [-0.2, 0) is 11.3 Å². The van der Waals surface area contributed by atoms with E-state index in [1.165, 1.54) is 29.5 Å². The first-order valence-electron chi connectivity index (χ1n) is 9.67. The second kappa shape index (κ2) is 10.0. The number of halogens is 2. The normalized spacial score (nSPS) is 12.0. The van der Waals surface area contributed by atoms with Gasteiger partial charge in [-0.2, -0.15) is 8.78 Å². The third-order valence-electron chi connectivity index (χ3n) is 4.90. The predicted octanol–water partition coefficient (Wildman–Crippen LogP) is 3.39. The van der Waals surface area contributed by atoms with Crippen LogP contribution in [0.1, 0.15) is 24.1 Å². The van der Waals surface area contributed by atoms with Crippen molar-refractivity contribution in [3.05, 3.63) is 71.8 Å². The maximum Gasteiger partial charge on any atom is 0.387 e. The van der Waals surface area contributed by atoms with E-state index in [0.29, 0.717) is 0 Å². The number of rotatable bonds is 9. The van der Waals surface area contributed by atoms with Gasteiger partial charge in [-0.05, 0) is 35.4 Å². The molecule has 3 N–H and O–H groups in total. The first-order chi connectivity index (χ1) is 14.5. The number of amides is 1. The van der Waals surface area contributed by atoms with Crippen molar-refractivity contribution in [2.75, 3.05) is 13.7 Å². The summed E-state index contributed by atoms with van der Waals surface area (Å²) in [5.41, 5.74) is 1.91. The van der Waals surface area contributed by atoms with E-state index in [1.807, 2.05) is 23.5 Å². The van der Waals surface area contributed by atoms with Crippen molar-refractivity contribution in [1.29, 1.82) is 0 Å². The number of carbonyl (C=O) groups is 1. The number of fused-ring (bicyclic) bond motifs is 1. The van der Waals surface area contributed by atoms with Crippen LogP contribution in [-0.4, -0.2) is 26.2 Å². The van der Waals surface area contributed by atoms with Gasteiger partial charge in [0.25, 0.3) is 5.91 Å². The smallest absolute Gasteiger partial charge is 0.387 e. The van der Waals surface area contributed by atoms with Gasteiger partial charge in [-0.15, -0.1) is 0 Å². The molecule has 0 fully saturated rings. The van der Waals surface area contributed by atoms with E-state index in [2.05, 4.69) is 41.2 Å². The molecule has 30 heavy (non-hydrogen) atoms. The summed E-state index contributed by atoms with van der Waals surface area (Å²) in [6.45, 7) is -0.320. The molecule has 0 aliphatic carbocycles. The molecule has 0 unspecified atom stereocenters. The van der Waals surface area contributed by atoms with Crippen LogP contribution < -0.4 is 20.1 Å². The van der Waals surface area contributed by atoms with Gasteiger partial charge in [0.15, 0.2) is 18.0 Å². The minimum atomic E-state index is -2.93. The van der Waals surface area contributed by atoms with E-state index in [1.54, 1.807) is 12.1 Å². The van der Waals surface area contributed by atoms with Crippen LogP contribution >= 0.6 is 0 Å². The Morgan fingerprint density at radius 1 is 1.07 bits per heavy atom. The third kappa shape index (κ3) is 5.45. The number of hydrogen-bond acceptors (Lipinski definition) is 3. The highest BCUT2D eigenvalue weighted by molar-refractivity contribution is 5.86. The van der Waals surface area contributed by atoms with Gasteiger partial charge >= 0.3 is 6.61 Å². The summed E-state index contributed by atoms with van der Waals surface area (Å²) in [6.07, 6.45) is 0. The average Bonchev–Trinajstić information content (AvgIpc) is 2.75. The second-order valence-electron chi connectivity index (χ2n) is 6.94. The number of nitrogens with two attached hydrogens (primary N) is 1. The molecule has 158 valence electrons. The molecule has 7 heteroatoms. The molecule has 0 saturated heterocycles. The summed E-state index contributed by atoms with van der Waals surface area (Å²) in [6, 6.07) is 19.1. The molecular formula is C23H25F2N2O3+. The lowest BCUT2D eigenvalue weighted by Gasteiger charge is -2.14. The molecule has 1 atom stereocenters. The fourth-order valence-corrected chi connectivity index (χ4v) is 3.35. The highest BCUT2D eigenvalue weighted by atomic mass is 19.3. The first-order valence-corrected chi connectivity index (χ1v) is 9.67. The number of benzene rings is 3. The van der Waals surface area contributed by atoms with E-state index in [4.69, 9.17) is 4.74 Å². The summed E-state index contributed by atoms with van der Waals surface area (Å²) in [4.78, 5) is 12.3. The van der Waals surface area contributed by atoms with Crippen molar-refractivity contribution in [3.63, 3.8) is 0 Å². The Labute approximate surface area is 174 Å². The van der Waals surface area contributed by atoms with Gasteiger partial charge in [0.2, 0.25) is 0 Å². The Morgan fingerprint density at radius 2 is 1.83 bits per heavy atom. The number of carbonyl (C=O) groups excluding carboxylic acids is 1. The second-order valence-corrected chi connectivity index (χ2v) is 6.94. The first kappa shape index (κ1) is 21.5. The topological polar surface area (TPSA) is 64.2 Å². The van der Waals surface area contributed by atoms with E-state index in [-0.39, 0.29) is 36.5 Å². The largest absolute Gasteiger partial charge is 0.493 e. The fourth-order valence-electron chi connectivity index (χ4n) is 3.35. The van der Waals surface area contributed by atoms with Crippen molar-refractivity contribution in [2.24, 2.45) is 0 Å². The van der Waals surface area contributed by atoms with Crippen molar-refractivity contribution in [1.82, 2.24) is 5.32 Å². The Balaban J connectivity index is 1.55. The van der Waals surface area contributed by atoms with Gasteiger partial charge in [-0.1, -0.05) is 48.5 Å². The maximum absolute atomic E-state index is 12.4. The quantitative estimate of drug-likeness (QED) is 0.563. The van der Waals surface area contributed by atoms with E-state index in [0.717, 1.165) is 5.56 Å². The molecule has 5 nitrogen and oxygen atoms in total. The minimum Gasteiger partial charge on any atom is -0.493 e. The number of hydrogen-bond donors (Lipinski definition) is 2. The lowest BCUT2D eigenvalue weighted by molar-refractivity contribution is -0.682. The molecule has 1 amide bonds. The monoisotopic (exact) mass is 415 g/mol. The van der Waals surface area contributed by atoms with Crippen molar-refractivity contribution in [3.8, 4) is 11.5 Å². The van der Waals surface area contributed by atoms with E-state index >= 15 is 0 Å². The molecule has 0 bridgehead atoms. The molecule has 0 spiro atoms. The Hall–Kier alpha value is -3.19. The standard InChI is InChI=1S/C23H24F2N2O3/c1-15(18-9-5-7-17-6-3-4-8-19(17)18)26-14-22(28)27-13-16-10-11-20(30-23(24)25)21(12-16)29-2/h3-12,15,23,26H,13-14H2,1-2H3,(H,27,28)/p+1/t15-/m1/s1. The zero-order chi connectivity index (χ0) is 21.5. The molecule has 0 radical (unpaired) electrons. The molecule has 3 aromatic carbocycles. The third-order valence-corrected chi connectivity index (χ3v) is 4.90. The molecule has 0 aliphatic heterocycles. The SMILES string of the molecule is COc1cc(CNC(=O)C[NH2+][C@H](C)c2cccc3ccccc23)ccc1OC(F)F. The molecule has 3 aromatic rings. The fraction of sp³-hybridized carbons (Fsp3) is 0.261. The van der Waals surface area contributed by atoms with Crippen molar-refractivity contribution in [2.45, 2.75) is 26.1 Å². The summed E-state index contributed by atoms with van der Waals surface area (Å²) < 4.78 is 34.3. The van der Waals surface area contributed by atoms with Crippen LogP contribution in [0.3, 0.4) is 0 Å². The van der Waals surface area contributed by atoms with E-state index in [9.17, 15) is 13.6 Å². The van der Waals surface area contributed by atoms with Gasteiger partial charge in [0, 0.05) is 12.1 Å². The van der Waals surface area contributed by atoms with Crippen LogP contribution in [0.4, 0.5) is 8.78 Å². The Morgan fingerprint density at radius 3 is 2.60 bits per heavy atom. The number of ether oxygens (including phenoxy) is 2. The van der Waals surface area contributed by atoms with Crippen molar-refractivity contribution < 1.29 is 28.4 Å². The summed E-state index contributed by atoms with van der Waals surface area (Å²) in [7, 11) is 1.37. The molecular weight excluding hydrogens is 390 g/mol. The summed E-state index contributed by atoms with van der Waals surface area (Å²) >= 11 is 0. The minimum absolute atomic E-state index is 0.0418. The molecule has 0 aromatic heterocycles. The Bertz CT molecular complexity index is 1010.